The van der Waals surface area contributed by atoms with E-state index < -0.39 is 0 Å². The van der Waals surface area contributed by atoms with Crippen molar-refractivity contribution < 1.29 is 9.59 Å². The molecule has 7 heteroatoms. The average molecular weight is 427 g/mol. The number of nitrogens with one attached hydrogen (secondary N) is 2. The van der Waals surface area contributed by atoms with Crippen molar-refractivity contribution in [3.05, 3.63) is 29.3 Å². The molecular formula is C23H30N4O2S. The van der Waals surface area contributed by atoms with Gasteiger partial charge < -0.3 is 5.32 Å². The highest BCUT2D eigenvalue weighted by Gasteiger charge is 2.51. The van der Waals surface area contributed by atoms with Crippen LogP contribution in [0.25, 0.3) is 10.2 Å². The predicted octanol–water partition coefficient (Wildman–Crippen LogP) is 4.08. The zero-order chi connectivity index (χ0) is 20.9. The molecule has 4 aliphatic carbocycles. The van der Waals surface area contributed by atoms with E-state index in [-0.39, 0.29) is 30.1 Å². The number of carbonyl (C=O) groups excluding carboxylic acids is 2. The van der Waals surface area contributed by atoms with Gasteiger partial charge in [0, 0.05) is 5.54 Å². The minimum absolute atomic E-state index is 0.000588. The van der Waals surface area contributed by atoms with E-state index in [0.29, 0.717) is 0 Å². The van der Waals surface area contributed by atoms with Gasteiger partial charge >= 0.3 is 6.03 Å². The van der Waals surface area contributed by atoms with Crippen LogP contribution in [0.5, 0.6) is 0 Å². The number of imide groups is 1. The van der Waals surface area contributed by atoms with Gasteiger partial charge in [-0.25, -0.2) is 9.78 Å². The minimum Gasteiger partial charge on any atom is -0.332 e. The van der Waals surface area contributed by atoms with E-state index in [1.165, 1.54) is 19.3 Å². The maximum atomic E-state index is 12.6. The zero-order valence-electron chi connectivity index (χ0n) is 17.7. The van der Waals surface area contributed by atoms with E-state index in [0.717, 1.165) is 52.2 Å². The summed E-state index contributed by atoms with van der Waals surface area (Å²) in [4.78, 5) is 31.8. The van der Waals surface area contributed by atoms with Crippen LogP contribution in [0.4, 0.5) is 4.79 Å². The molecule has 0 radical (unpaired) electrons. The van der Waals surface area contributed by atoms with Crippen molar-refractivity contribution in [2.45, 2.75) is 57.0 Å². The summed E-state index contributed by atoms with van der Waals surface area (Å²) in [5.74, 6) is 2.00. The van der Waals surface area contributed by atoms with E-state index in [1.807, 2.05) is 37.1 Å². The normalized spacial score (nSPS) is 30.6. The van der Waals surface area contributed by atoms with Crippen LogP contribution >= 0.6 is 11.3 Å². The Morgan fingerprint density at radius 1 is 1.17 bits per heavy atom. The maximum Gasteiger partial charge on any atom is 0.321 e. The summed E-state index contributed by atoms with van der Waals surface area (Å²) in [5.41, 5.74) is 0.899. The second kappa shape index (κ2) is 7.61. The molecular weight excluding hydrogens is 396 g/mol. The lowest BCUT2D eigenvalue weighted by molar-refractivity contribution is -0.121. The molecule has 0 saturated heterocycles. The molecule has 4 saturated carbocycles. The number of rotatable bonds is 5. The Hall–Kier alpha value is -1.99. The Morgan fingerprint density at radius 3 is 2.43 bits per heavy atom. The summed E-state index contributed by atoms with van der Waals surface area (Å²) in [5, 5.41) is 6.76. The SMILES string of the molecule is C[C@@H](c1nc2ccccc2s1)N(C)CC(=O)NC(=O)NC12CC3CC(CC(C3)C1)C2. The number of para-hydroxylation sites is 1. The molecule has 0 aliphatic heterocycles. The van der Waals surface area contributed by atoms with Crippen LogP contribution in [0.1, 0.15) is 56.5 Å². The largest absolute Gasteiger partial charge is 0.332 e. The Bertz CT molecular complexity index is 903. The summed E-state index contributed by atoms with van der Waals surface area (Å²) in [7, 11) is 1.90. The van der Waals surface area contributed by atoms with Gasteiger partial charge in [-0.1, -0.05) is 12.1 Å². The van der Waals surface area contributed by atoms with Gasteiger partial charge in [0.2, 0.25) is 5.91 Å². The fourth-order valence-electron chi connectivity index (χ4n) is 6.32. The molecule has 1 aromatic carbocycles. The van der Waals surface area contributed by atoms with Crippen LogP contribution < -0.4 is 10.6 Å². The molecule has 1 atom stereocenters. The third-order valence-electron chi connectivity index (χ3n) is 7.39. The molecule has 1 aromatic heterocycles. The number of hydrogen-bond donors (Lipinski definition) is 2. The first kappa shape index (κ1) is 19.9. The lowest BCUT2D eigenvalue weighted by atomic mass is 9.53. The predicted molar refractivity (Wildman–Crippen MR) is 118 cm³/mol. The smallest absolute Gasteiger partial charge is 0.321 e. The number of amides is 3. The standard InChI is InChI=1S/C23H30N4O2S/c1-14(21-24-18-5-3-4-6-19(18)30-21)27(2)13-20(28)25-22(29)26-23-10-15-7-16(11-23)9-17(8-15)12-23/h3-6,14-17H,7-13H2,1-2H3,(H2,25,26,28,29)/t14-,15?,16?,17?,23?/m0/s1. The topological polar surface area (TPSA) is 74.3 Å². The van der Waals surface area contributed by atoms with Crippen molar-refractivity contribution in [2.75, 3.05) is 13.6 Å². The number of urea groups is 1. The van der Waals surface area contributed by atoms with E-state index in [4.69, 9.17) is 4.98 Å². The number of nitrogens with zero attached hydrogens (tertiary/aromatic N) is 2. The van der Waals surface area contributed by atoms with E-state index in [9.17, 15) is 9.59 Å². The fraction of sp³-hybridized carbons (Fsp3) is 0.609. The average Bonchev–Trinajstić information content (AvgIpc) is 3.09. The molecule has 0 spiro atoms. The van der Waals surface area contributed by atoms with Gasteiger partial charge in [0.1, 0.15) is 5.01 Å². The number of thiazole rings is 1. The quantitative estimate of drug-likeness (QED) is 0.755. The molecule has 4 fully saturated rings. The van der Waals surface area contributed by atoms with Crippen LogP contribution in [0, 0.1) is 17.8 Å². The van der Waals surface area contributed by atoms with Gasteiger partial charge in [-0.05, 0) is 82.4 Å². The number of fused-ring (bicyclic) bond motifs is 1. The monoisotopic (exact) mass is 426 g/mol. The molecule has 160 valence electrons. The van der Waals surface area contributed by atoms with Crippen LogP contribution in [0.3, 0.4) is 0 Å². The van der Waals surface area contributed by atoms with E-state index in [1.54, 1.807) is 11.3 Å². The molecule has 4 bridgehead atoms. The van der Waals surface area contributed by atoms with Gasteiger partial charge in [-0.15, -0.1) is 11.3 Å². The van der Waals surface area contributed by atoms with Gasteiger partial charge in [0.15, 0.2) is 0 Å². The van der Waals surface area contributed by atoms with Crippen molar-refractivity contribution >= 4 is 33.5 Å². The highest BCUT2D eigenvalue weighted by Crippen LogP contribution is 2.55. The van der Waals surface area contributed by atoms with E-state index >= 15 is 0 Å². The first-order chi connectivity index (χ1) is 14.4. The number of benzene rings is 1. The second-order valence-electron chi connectivity index (χ2n) is 9.81. The lowest BCUT2D eigenvalue weighted by Gasteiger charge is -2.56. The summed E-state index contributed by atoms with van der Waals surface area (Å²) in [6, 6.07) is 7.72. The highest BCUT2D eigenvalue weighted by molar-refractivity contribution is 7.18. The molecule has 0 unspecified atom stereocenters. The molecule has 2 aromatic rings. The summed E-state index contributed by atoms with van der Waals surface area (Å²) < 4.78 is 1.15. The summed E-state index contributed by atoms with van der Waals surface area (Å²) in [6.07, 6.45) is 7.22. The van der Waals surface area contributed by atoms with Crippen molar-refractivity contribution in [2.24, 2.45) is 17.8 Å². The number of carbonyl (C=O) groups is 2. The third-order valence-corrected chi connectivity index (χ3v) is 8.60. The molecule has 6 nitrogen and oxygen atoms in total. The number of aromatic nitrogens is 1. The maximum absolute atomic E-state index is 12.6. The molecule has 6 rings (SSSR count). The van der Waals surface area contributed by atoms with Crippen molar-refractivity contribution in [3.63, 3.8) is 0 Å². The summed E-state index contributed by atoms with van der Waals surface area (Å²) in [6.45, 7) is 2.20. The van der Waals surface area contributed by atoms with E-state index in [2.05, 4.69) is 16.7 Å². The number of likely N-dealkylation sites (N-methyl/N-ethyl adjacent to an activating group) is 1. The first-order valence-electron chi connectivity index (χ1n) is 11.1. The van der Waals surface area contributed by atoms with Crippen LogP contribution in [0.15, 0.2) is 24.3 Å². The van der Waals surface area contributed by atoms with Crippen LogP contribution in [0.2, 0.25) is 0 Å². The van der Waals surface area contributed by atoms with Gasteiger partial charge in [-0.2, -0.15) is 0 Å². The van der Waals surface area contributed by atoms with Crippen molar-refractivity contribution in [3.8, 4) is 0 Å². The summed E-state index contributed by atoms with van der Waals surface area (Å²) >= 11 is 1.65. The fourth-order valence-corrected chi connectivity index (χ4v) is 7.41. The third kappa shape index (κ3) is 3.85. The number of hydrogen-bond acceptors (Lipinski definition) is 5. The van der Waals surface area contributed by atoms with Crippen molar-refractivity contribution in [1.29, 1.82) is 0 Å². The Kier molecular flexibility index (Phi) is 5.06. The minimum atomic E-state index is -0.331. The van der Waals surface area contributed by atoms with Crippen LogP contribution in [-0.2, 0) is 4.79 Å². The van der Waals surface area contributed by atoms with Gasteiger partial charge in [0.25, 0.3) is 0 Å². The molecule has 4 aliphatic rings. The molecule has 3 amide bonds. The Labute approximate surface area is 181 Å². The van der Waals surface area contributed by atoms with Gasteiger partial charge in [0.05, 0.1) is 22.8 Å². The Balaban J connectivity index is 1.16. The molecule has 30 heavy (non-hydrogen) atoms. The Morgan fingerprint density at radius 2 is 1.80 bits per heavy atom. The second-order valence-corrected chi connectivity index (χ2v) is 10.9. The lowest BCUT2D eigenvalue weighted by Crippen LogP contribution is -2.62. The molecule has 2 N–H and O–H groups in total. The highest BCUT2D eigenvalue weighted by atomic mass is 32.1. The first-order valence-corrected chi connectivity index (χ1v) is 11.9. The van der Waals surface area contributed by atoms with Crippen LogP contribution in [-0.4, -0.2) is 41.0 Å². The molecule has 1 heterocycles. The zero-order valence-corrected chi connectivity index (χ0v) is 18.5. The van der Waals surface area contributed by atoms with Gasteiger partial charge in [-0.3, -0.25) is 15.0 Å². The van der Waals surface area contributed by atoms with Crippen molar-refractivity contribution in [1.82, 2.24) is 20.5 Å².